The smallest absolute Gasteiger partial charge is 0.0883 e. The zero-order valence-electron chi connectivity index (χ0n) is 12.6. The minimum absolute atomic E-state index is 0.627. The van der Waals surface area contributed by atoms with E-state index in [-0.39, 0.29) is 0 Å². The van der Waals surface area contributed by atoms with Crippen molar-refractivity contribution < 1.29 is 4.74 Å². The van der Waals surface area contributed by atoms with Gasteiger partial charge in [0.25, 0.3) is 0 Å². The maximum Gasteiger partial charge on any atom is 0.0883 e. The van der Waals surface area contributed by atoms with E-state index < -0.39 is 0 Å². The minimum atomic E-state index is 0.627. The summed E-state index contributed by atoms with van der Waals surface area (Å²) in [6.45, 7) is 10.5. The average molecular weight is 285 g/mol. The van der Waals surface area contributed by atoms with Gasteiger partial charge in [0.1, 0.15) is 0 Å². The summed E-state index contributed by atoms with van der Waals surface area (Å²) in [6, 6.07) is 0. The lowest BCUT2D eigenvalue weighted by Crippen LogP contribution is -2.01. The van der Waals surface area contributed by atoms with Crippen LogP contribution in [-0.4, -0.2) is 33.5 Å². The Balaban J connectivity index is 2.09. The molecule has 0 aliphatic carbocycles. The molecule has 0 spiro atoms. The third kappa shape index (κ3) is 8.26. The summed E-state index contributed by atoms with van der Waals surface area (Å²) in [4.78, 5) is 0. The summed E-state index contributed by atoms with van der Waals surface area (Å²) in [7, 11) is 0. The van der Waals surface area contributed by atoms with E-state index >= 15 is 0 Å². The van der Waals surface area contributed by atoms with Crippen molar-refractivity contribution >= 4 is 11.8 Å². The number of nitrogens with zero attached hydrogens (tertiary/aromatic N) is 3. The van der Waals surface area contributed by atoms with Crippen LogP contribution in [0.25, 0.3) is 0 Å². The Hall–Kier alpha value is -0.550. The fourth-order valence-electron chi connectivity index (χ4n) is 1.52. The highest BCUT2D eigenvalue weighted by Crippen LogP contribution is 2.11. The van der Waals surface area contributed by atoms with Crippen LogP contribution in [-0.2, 0) is 17.0 Å². The third-order valence-corrected chi connectivity index (χ3v) is 3.77. The predicted molar refractivity (Wildman–Crippen MR) is 81.3 cm³/mol. The maximum absolute atomic E-state index is 5.59. The maximum atomic E-state index is 5.59. The van der Waals surface area contributed by atoms with Crippen molar-refractivity contribution in [3.8, 4) is 0 Å². The number of hydrogen-bond acceptors (Lipinski definition) is 4. The molecule has 0 fully saturated rings. The molecule has 1 aromatic rings. The molecule has 0 atom stereocenters. The van der Waals surface area contributed by atoms with Crippen molar-refractivity contribution in [1.29, 1.82) is 0 Å². The molecule has 4 nitrogen and oxygen atoms in total. The van der Waals surface area contributed by atoms with E-state index in [1.54, 1.807) is 0 Å². The normalized spacial score (nSPS) is 11.7. The second-order valence-electron chi connectivity index (χ2n) is 5.49. The molecule has 0 aliphatic heterocycles. The van der Waals surface area contributed by atoms with Gasteiger partial charge in [0, 0.05) is 24.7 Å². The first-order valence-electron chi connectivity index (χ1n) is 7.16. The number of hydrogen-bond donors (Lipinski definition) is 0. The highest BCUT2D eigenvalue weighted by atomic mass is 32.2. The van der Waals surface area contributed by atoms with Crippen molar-refractivity contribution in [1.82, 2.24) is 15.0 Å². The molecule has 0 aliphatic rings. The minimum Gasteiger partial charge on any atom is -0.381 e. The van der Waals surface area contributed by atoms with Gasteiger partial charge in [-0.05, 0) is 25.2 Å². The van der Waals surface area contributed by atoms with Crippen molar-refractivity contribution in [2.24, 2.45) is 5.92 Å². The quantitative estimate of drug-likeness (QED) is 0.618. The number of aromatic nitrogens is 3. The summed E-state index contributed by atoms with van der Waals surface area (Å²) in [5.74, 6) is 1.61. The Bertz CT molecular complexity index is 339. The Kier molecular flexibility index (Phi) is 8.14. The second-order valence-corrected chi connectivity index (χ2v) is 7.03. The van der Waals surface area contributed by atoms with Crippen LogP contribution in [0.15, 0.2) is 6.20 Å². The Morgan fingerprint density at radius 2 is 2.05 bits per heavy atom. The molecule has 0 bridgehead atoms. The molecule has 5 heteroatoms. The fourth-order valence-corrected chi connectivity index (χ4v) is 2.10. The molecule has 0 saturated carbocycles. The van der Waals surface area contributed by atoms with Crippen LogP contribution in [0.1, 0.15) is 46.2 Å². The van der Waals surface area contributed by atoms with Crippen LogP contribution in [0.2, 0.25) is 0 Å². The van der Waals surface area contributed by atoms with E-state index in [2.05, 4.69) is 38.0 Å². The van der Waals surface area contributed by atoms with Crippen LogP contribution in [0.3, 0.4) is 0 Å². The molecule has 19 heavy (non-hydrogen) atoms. The van der Waals surface area contributed by atoms with Crippen LogP contribution >= 0.6 is 11.8 Å². The third-order valence-electron chi connectivity index (χ3n) is 2.69. The van der Waals surface area contributed by atoms with Gasteiger partial charge in [0.05, 0.1) is 11.6 Å². The van der Waals surface area contributed by atoms with E-state index in [0.29, 0.717) is 5.25 Å². The number of aryl methyl sites for hydroxylation is 1. The SMILES string of the molecule is CC(C)CCOCCCc1cn(CSC(C)C)nn1. The lowest BCUT2D eigenvalue weighted by molar-refractivity contribution is 0.121. The molecular weight excluding hydrogens is 258 g/mol. The van der Waals surface area contributed by atoms with Gasteiger partial charge >= 0.3 is 0 Å². The van der Waals surface area contributed by atoms with Crippen molar-refractivity contribution in [2.75, 3.05) is 13.2 Å². The van der Waals surface area contributed by atoms with Gasteiger partial charge in [0.15, 0.2) is 0 Å². The number of thioether (sulfide) groups is 1. The highest BCUT2D eigenvalue weighted by molar-refractivity contribution is 7.98. The zero-order valence-corrected chi connectivity index (χ0v) is 13.4. The topological polar surface area (TPSA) is 39.9 Å². The number of rotatable bonds is 10. The molecule has 0 radical (unpaired) electrons. The summed E-state index contributed by atoms with van der Waals surface area (Å²) in [5.41, 5.74) is 1.07. The molecule has 110 valence electrons. The van der Waals surface area contributed by atoms with Gasteiger partial charge < -0.3 is 4.74 Å². The Morgan fingerprint density at radius 1 is 1.26 bits per heavy atom. The number of ether oxygens (including phenoxy) is 1. The van der Waals surface area contributed by atoms with E-state index in [9.17, 15) is 0 Å². The van der Waals surface area contributed by atoms with Crippen molar-refractivity contribution in [3.05, 3.63) is 11.9 Å². The molecule has 1 rings (SSSR count). The molecule has 0 unspecified atom stereocenters. The lowest BCUT2D eigenvalue weighted by atomic mass is 10.1. The van der Waals surface area contributed by atoms with Gasteiger partial charge in [-0.25, -0.2) is 4.68 Å². The van der Waals surface area contributed by atoms with Crippen molar-refractivity contribution in [2.45, 2.75) is 58.1 Å². The molecule has 0 saturated heterocycles. The summed E-state index contributed by atoms with van der Waals surface area (Å²) < 4.78 is 7.51. The van der Waals surface area contributed by atoms with Crippen LogP contribution in [0.4, 0.5) is 0 Å². The second kappa shape index (κ2) is 9.37. The molecule has 1 aromatic heterocycles. The first kappa shape index (κ1) is 16.5. The molecule has 1 heterocycles. The van der Waals surface area contributed by atoms with E-state index in [1.807, 2.05) is 22.6 Å². The van der Waals surface area contributed by atoms with Crippen LogP contribution in [0, 0.1) is 5.92 Å². The first-order chi connectivity index (χ1) is 9.08. The van der Waals surface area contributed by atoms with E-state index in [1.165, 1.54) is 0 Å². The average Bonchev–Trinajstić information content (AvgIpc) is 2.78. The molecule has 0 N–H and O–H groups in total. The summed E-state index contributed by atoms with van der Waals surface area (Å²) >= 11 is 1.87. The fraction of sp³-hybridized carbons (Fsp3) is 0.857. The van der Waals surface area contributed by atoms with E-state index in [4.69, 9.17) is 4.74 Å². The largest absolute Gasteiger partial charge is 0.381 e. The van der Waals surface area contributed by atoms with Gasteiger partial charge in [0.2, 0.25) is 0 Å². The Morgan fingerprint density at radius 3 is 2.74 bits per heavy atom. The van der Waals surface area contributed by atoms with E-state index in [0.717, 1.165) is 50.0 Å². The molecule has 0 aromatic carbocycles. The Labute approximate surface area is 121 Å². The highest BCUT2D eigenvalue weighted by Gasteiger charge is 2.02. The lowest BCUT2D eigenvalue weighted by Gasteiger charge is -2.05. The van der Waals surface area contributed by atoms with Crippen molar-refractivity contribution in [3.63, 3.8) is 0 Å². The molecular formula is C14H27N3OS. The molecule has 0 amide bonds. The van der Waals surface area contributed by atoms with Crippen LogP contribution in [0.5, 0.6) is 0 Å². The van der Waals surface area contributed by atoms with Crippen LogP contribution < -0.4 is 0 Å². The first-order valence-corrected chi connectivity index (χ1v) is 8.21. The van der Waals surface area contributed by atoms with Gasteiger partial charge in [-0.3, -0.25) is 0 Å². The predicted octanol–water partition coefficient (Wildman–Crippen LogP) is 3.37. The van der Waals surface area contributed by atoms with Gasteiger partial charge in [-0.2, -0.15) is 0 Å². The van der Waals surface area contributed by atoms with Gasteiger partial charge in [-0.1, -0.05) is 32.9 Å². The van der Waals surface area contributed by atoms with Gasteiger partial charge in [-0.15, -0.1) is 16.9 Å². The summed E-state index contributed by atoms with van der Waals surface area (Å²) in [5, 5.41) is 8.94. The summed E-state index contributed by atoms with van der Waals surface area (Å²) in [6.07, 6.45) is 5.16. The zero-order chi connectivity index (χ0) is 14.1. The monoisotopic (exact) mass is 285 g/mol. The standard InChI is InChI=1S/C14H27N3OS/c1-12(2)7-9-18-8-5-6-14-10-17(16-15-14)11-19-13(3)4/h10,12-13H,5-9,11H2,1-4H3.